The van der Waals surface area contributed by atoms with Gasteiger partial charge in [-0.05, 0) is 24.7 Å². The van der Waals surface area contributed by atoms with Crippen LogP contribution < -0.4 is 5.73 Å². The van der Waals surface area contributed by atoms with E-state index < -0.39 is 0 Å². The predicted molar refractivity (Wildman–Crippen MR) is 74.9 cm³/mol. The molecule has 0 aliphatic carbocycles. The Bertz CT molecular complexity index is 534. The number of benzene rings is 1. The Kier molecular flexibility index (Phi) is 3.66. The van der Waals surface area contributed by atoms with Crippen molar-refractivity contribution < 1.29 is 0 Å². The van der Waals surface area contributed by atoms with Crippen molar-refractivity contribution in [2.45, 2.75) is 6.54 Å². The number of hydrogen-bond donors (Lipinski definition) is 1. The average Bonchev–Trinajstić information content (AvgIpc) is 2.28. The van der Waals surface area contributed by atoms with Crippen LogP contribution in [0.1, 0.15) is 5.56 Å². The lowest BCUT2D eigenvalue weighted by Gasteiger charge is -2.16. The van der Waals surface area contributed by atoms with E-state index in [1.54, 1.807) is 0 Å². The summed E-state index contributed by atoms with van der Waals surface area (Å²) in [6.07, 6.45) is 1.84. The lowest BCUT2D eigenvalue weighted by molar-refractivity contribution is 0.376. The number of fused-ring (bicyclic) bond motifs is 1. The fourth-order valence-electron chi connectivity index (χ4n) is 1.91. The summed E-state index contributed by atoms with van der Waals surface area (Å²) in [5, 5.41) is 1.18. The fraction of sp³-hybridized carbons (Fsp3) is 0.231. The van der Waals surface area contributed by atoms with Gasteiger partial charge in [0, 0.05) is 24.7 Å². The first-order chi connectivity index (χ1) is 8.16. The van der Waals surface area contributed by atoms with Gasteiger partial charge in [-0.3, -0.25) is 9.88 Å². The summed E-state index contributed by atoms with van der Waals surface area (Å²) in [7, 11) is 2.01. The molecule has 4 heteroatoms. The Balaban J connectivity index is 2.26. The molecule has 0 unspecified atom stereocenters. The van der Waals surface area contributed by atoms with Crippen LogP contribution in [0.15, 0.2) is 36.5 Å². The maximum absolute atomic E-state index is 5.54. The van der Waals surface area contributed by atoms with E-state index in [2.05, 4.69) is 16.0 Å². The van der Waals surface area contributed by atoms with Crippen molar-refractivity contribution in [2.75, 3.05) is 13.6 Å². The zero-order chi connectivity index (χ0) is 12.3. The van der Waals surface area contributed by atoms with Crippen LogP contribution in [0.25, 0.3) is 10.9 Å². The van der Waals surface area contributed by atoms with E-state index in [0.29, 0.717) is 11.5 Å². The quantitative estimate of drug-likeness (QED) is 0.836. The molecule has 1 heterocycles. The van der Waals surface area contributed by atoms with Crippen LogP contribution >= 0.6 is 12.2 Å². The number of para-hydroxylation sites is 1. The highest BCUT2D eigenvalue weighted by Crippen LogP contribution is 2.17. The minimum atomic E-state index is 0.519. The Morgan fingerprint density at radius 1 is 1.35 bits per heavy atom. The van der Waals surface area contributed by atoms with Crippen molar-refractivity contribution in [1.29, 1.82) is 0 Å². The highest BCUT2D eigenvalue weighted by atomic mass is 32.1. The monoisotopic (exact) mass is 245 g/mol. The summed E-state index contributed by atoms with van der Waals surface area (Å²) in [5.74, 6) is 0. The maximum atomic E-state index is 5.54. The third kappa shape index (κ3) is 2.99. The second-order valence-corrected chi connectivity index (χ2v) is 4.65. The van der Waals surface area contributed by atoms with Crippen molar-refractivity contribution >= 4 is 28.1 Å². The number of likely N-dealkylation sites (N-methyl/N-ethyl adjacent to an activating group) is 1. The van der Waals surface area contributed by atoms with E-state index in [9.17, 15) is 0 Å². The summed E-state index contributed by atoms with van der Waals surface area (Å²) in [4.78, 5) is 6.96. The summed E-state index contributed by atoms with van der Waals surface area (Å²) >= 11 is 4.91. The first-order valence-electron chi connectivity index (χ1n) is 5.46. The van der Waals surface area contributed by atoms with Crippen LogP contribution in [0.3, 0.4) is 0 Å². The van der Waals surface area contributed by atoms with Gasteiger partial charge >= 0.3 is 0 Å². The van der Waals surface area contributed by atoms with Crippen molar-refractivity contribution in [2.24, 2.45) is 5.73 Å². The molecule has 0 atom stereocenters. The molecule has 0 bridgehead atoms. The second kappa shape index (κ2) is 5.21. The molecule has 0 aliphatic heterocycles. The lowest BCUT2D eigenvalue weighted by atomic mass is 10.1. The first-order valence-corrected chi connectivity index (χ1v) is 5.87. The predicted octanol–water partition coefficient (Wildman–Crippen LogP) is 1.95. The van der Waals surface area contributed by atoms with Gasteiger partial charge in [-0.25, -0.2) is 0 Å². The Morgan fingerprint density at radius 2 is 2.12 bits per heavy atom. The van der Waals surface area contributed by atoms with Crippen molar-refractivity contribution in [1.82, 2.24) is 9.88 Å². The molecule has 0 radical (unpaired) electrons. The topological polar surface area (TPSA) is 42.1 Å². The standard InChI is InChI=1S/C13H15N3S/c1-16(9-13(14)17)8-10-6-7-15-12-5-3-2-4-11(10)12/h2-7H,8-9H2,1H3,(H2,14,17). The molecule has 1 aromatic carbocycles. The number of hydrogen-bond acceptors (Lipinski definition) is 3. The fourth-order valence-corrected chi connectivity index (χ4v) is 2.13. The van der Waals surface area contributed by atoms with Crippen LogP contribution in [0.4, 0.5) is 0 Å². The molecule has 0 saturated heterocycles. The van der Waals surface area contributed by atoms with Gasteiger partial charge in [-0.15, -0.1) is 0 Å². The molecule has 0 saturated carbocycles. The second-order valence-electron chi connectivity index (χ2n) is 4.13. The smallest absolute Gasteiger partial charge is 0.0870 e. The summed E-state index contributed by atoms with van der Waals surface area (Å²) in [6, 6.07) is 10.2. The number of nitrogens with zero attached hydrogens (tertiary/aromatic N) is 2. The van der Waals surface area contributed by atoms with Crippen LogP contribution in [0.5, 0.6) is 0 Å². The third-order valence-electron chi connectivity index (χ3n) is 2.61. The summed E-state index contributed by atoms with van der Waals surface area (Å²) in [6.45, 7) is 1.45. The number of aromatic nitrogens is 1. The third-order valence-corrected chi connectivity index (χ3v) is 2.73. The first kappa shape index (κ1) is 12.0. The molecule has 1 aromatic heterocycles. The molecular weight excluding hydrogens is 230 g/mol. The zero-order valence-corrected chi connectivity index (χ0v) is 10.6. The average molecular weight is 245 g/mol. The molecule has 2 aromatic rings. The Hall–Kier alpha value is -1.52. The van der Waals surface area contributed by atoms with Gasteiger partial charge in [0.2, 0.25) is 0 Å². The van der Waals surface area contributed by atoms with Gasteiger partial charge in [0.1, 0.15) is 0 Å². The van der Waals surface area contributed by atoms with Gasteiger partial charge in [0.15, 0.2) is 0 Å². The largest absolute Gasteiger partial charge is 0.392 e. The van der Waals surface area contributed by atoms with Gasteiger partial charge < -0.3 is 5.73 Å². The summed E-state index contributed by atoms with van der Waals surface area (Å²) in [5.41, 5.74) is 7.80. The van der Waals surface area contributed by atoms with E-state index in [-0.39, 0.29) is 0 Å². The molecule has 2 rings (SSSR count). The van der Waals surface area contributed by atoms with Crippen LogP contribution in [0.2, 0.25) is 0 Å². The van der Waals surface area contributed by atoms with Gasteiger partial charge in [0.25, 0.3) is 0 Å². The Labute approximate surface area is 106 Å². The van der Waals surface area contributed by atoms with Crippen LogP contribution in [-0.2, 0) is 6.54 Å². The van der Waals surface area contributed by atoms with Gasteiger partial charge in [-0.1, -0.05) is 30.4 Å². The number of pyridine rings is 1. The minimum absolute atomic E-state index is 0.519. The molecule has 0 aliphatic rings. The maximum Gasteiger partial charge on any atom is 0.0870 e. The highest BCUT2D eigenvalue weighted by Gasteiger charge is 2.05. The molecule has 0 fully saturated rings. The minimum Gasteiger partial charge on any atom is -0.392 e. The SMILES string of the molecule is CN(CC(N)=S)Cc1ccnc2ccccc12. The summed E-state index contributed by atoms with van der Waals surface area (Å²) < 4.78 is 0. The van der Waals surface area contributed by atoms with E-state index in [1.165, 1.54) is 10.9 Å². The molecule has 88 valence electrons. The van der Waals surface area contributed by atoms with Crippen molar-refractivity contribution in [3.05, 3.63) is 42.1 Å². The molecule has 3 nitrogen and oxygen atoms in total. The molecule has 2 N–H and O–H groups in total. The van der Waals surface area contributed by atoms with Crippen LogP contribution in [0, 0.1) is 0 Å². The van der Waals surface area contributed by atoms with Crippen molar-refractivity contribution in [3.8, 4) is 0 Å². The van der Waals surface area contributed by atoms with Gasteiger partial charge in [-0.2, -0.15) is 0 Å². The Morgan fingerprint density at radius 3 is 2.88 bits per heavy atom. The molecule has 0 spiro atoms. The highest BCUT2D eigenvalue weighted by molar-refractivity contribution is 7.80. The van der Waals surface area contributed by atoms with Gasteiger partial charge in [0.05, 0.1) is 10.5 Å². The number of nitrogens with two attached hydrogens (primary N) is 1. The number of thiocarbonyl (C=S) groups is 1. The normalized spacial score (nSPS) is 10.9. The van der Waals surface area contributed by atoms with E-state index >= 15 is 0 Å². The molecular formula is C13H15N3S. The zero-order valence-electron chi connectivity index (χ0n) is 9.76. The van der Waals surface area contributed by atoms with E-state index in [4.69, 9.17) is 18.0 Å². The van der Waals surface area contributed by atoms with Crippen molar-refractivity contribution in [3.63, 3.8) is 0 Å². The molecule has 17 heavy (non-hydrogen) atoms. The van der Waals surface area contributed by atoms with E-state index in [1.807, 2.05) is 37.5 Å². The van der Waals surface area contributed by atoms with E-state index in [0.717, 1.165) is 12.1 Å². The van der Waals surface area contributed by atoms with Crippen LogP contribution in [-0.4, -0.2) is 28.5 Å². The number of rotatable bonds is 4. The lowest BCUT2D eigenvalue weighted by Crippen LogP contribution is -2.29. The molecule has 0 amide bonds.